The summed E-state index contributed by atoms with van der Waals surface area (Å²) < 4.78 is 69.4. The molecular formula is C64H65Cl3F3N5O10. The van der Waals surface area contributed by atoms with E-state index in [9.17, 15) is 32.3 Å². The van der Waals surface area contributed by atoms with Gasteiger partial charge in [0.1, 0.15) is 27.6 Å². The number of hydrogen-bond donors (Lipinski definition) is 0. The molecule has 0 N–H and O–H groups in total. The van der Waals surface area contributed by atoms with Crippen molar-refractivity contribution < 1.29 is 60.8 Å². The number of carbonyl (C=O) groups is 4. The van der Waals surface area contributed by atoms with Gasteiger partial charge in [-0.05, 0) is 133 Å². The van der Waals surface area contributed by atoms with Gasteiger partial charge in [-0.1, -0.05) is 40.9 Å². The molecular weight excluding hydrogens is 1160 g/mol. The number of aldehydes is 1. The maximum absolute atomic E-state index is 13.0. The van der Waals surface area contributed by atoms with Crippen molar-refractivity contribution in [2.24, 2.45) is 5.92 Å². The Hall–Kier alpha value is -7.06. The first-order valence-electron chi connectivity index (χ1n) is 27.9. The summed E-state index contributed by atoms with van der Waals surface area (Å²) in [5.74, 6) is 2.58. The number of methoxy groups -OCH3 is 3. The normalized spacial score (nSPS) is 17.6. The summed E-state index contributed by atoms with van der Waals surface area (Å²) in [5.41, 5.74) is 11.8. The number of carbonyl (C=O) groups excluding carboxylic acids is 4. The van der Waals surface area contributed by atoms with Crippen molar-refractivity contribution in [3.05, 3.63) is 167 Å². The molecule has 4 aromatic carbocycles. The largest absolute Gasteiger partial charge is 0.495 e. The molecule has 5 heterocycles. The maximum Gasteiger partial charge on any atom is 0.417 e. The molecule has 2 aromatic heterocycles. The van der Waals surface area contributed by atoms with Gasteiger partial charge in [-0.2, -0.15) is 13.2 Å². The highest BCUT2D eigenvalue weighted by molar-refractivity contribution is 6.31. The van der Waals surface area contributed by atoms with Gasteiger partial charge in [0, 0.05) is 109 Å². The number of benzene rings is 4. The van der Waals surface area contributed by atoms with Crippen LogP contribution >= 0.6 is 34.8 Å². The maximum atomic E-state index is 13.0. The van der Waals surface area contributed by atoms with Gasteiger partial charge in [-0.25, -0.2) is 9.97 Å². The number of ketones is 3. The zero-order chi connectivity index (χ0) is 60.5. The number of morpholine rings is 3. The zero-order valence-electron chi connectivity index (χ0n) is 47.8. The number of rotatable bonds is 10. The van der Waals surface area contributed by atoms with Crippen LogP contribution in [0.3, 0.4) is 0 Å². The Morgan fingerprint density at radius 1 is 0.612 bits per heavy atom. The summed E-state index contributed by atoms with van der Waals surface area (Å²) in [6, 6.07) is 18.8. The summed E-state index contributed by atoms with van der Waals surface area (Å²) in [5, 5.41) is 0.995. The smallest absolute Gasteiger partial charge is 0.417 e. The fourth-order valence-corrected chi connectivity index (χ4v) is 11.7. The fourth-order valence-electron chi connectivity index (χ4n) is 11.2. The molecule has 15 nitrogen and oxygen atoms in total. The van der Waals surface area contributed by atoms with Gasteiger partial charge < -0.3 is 43.1 Å². The van der Waals surface area contributed by atoms with E-state index in [0.29, 0.717) is 61.6 Å². The molecule has 448 valence electrons. The van der Waals surface area contributed by atoms with Gasteiger partial charge in [-0.3, -0.25) is 19.2 Å². The zero-order valence-corrected chi connectivity index (χ0v) is 50.1. The van der Waals surface area contributed by atoms with Crippen LogP contribution in [0.25, 0.3) is 6.08 Å². The first-order valence-corrected chi connectivity index (χ1v) is 29.0. The topological polar surface area (TPSA) is 159 Å². The Bertz CT molecular complexity index is 3510. The summed E-state index contributed by atoms with van der Waals surface area (Å²) >= 11 is 17.9. The van der Waals surface area contributed by atoms with E-state index in [0.717, 1.165) is 173 Å². The number of alkyl halides is 3. The van der Waals surface area contributed by atoms with Crippen LogP contribution in [0.1, 0.15) is 92.4 Å². The lowest BCUT2D eigenvalue weighted by molar-refractivity contribution is -0.137. The van der Waals surface area contributed by atoms with Gasteiger partial charge in [0.05, 0.1) is 83.6 Å². The van der Waals surface area contributed by atoms with Crippen molar-refractivity contribution in [3.63, 3.8) is 0 Å². The number of nitrogens with zero attached hydrogens (tertiary/aromatic N) is 5. The quantitative estimate of drug-likeness (QED) is 0.0724. The number of aromatic nitrogens is 2. The lowest BCUT2D eigenvalue weighted by Crippen LogP contribution is -2.36. The summed E-state index contributed by atoms with van der Waals surface area (Å²) in [4.78, 5) is 63.1. The van der Waals surface area contributed by atoms with Crippen molar-refractivity contribution >= 4 is 81.6 Å². The number of Topliss-reactive ketones (excluding diaryl/α,β-unsaturated/α-hetero) is 3. The van der Waals surface area contributed by atoms with E-state index in [1.807, 2.05) is 50.3 Å². The van der Waals surface area contributed by atoms with Gasteiger partial charge in [0.25, 0.3) is 0 Å². The molecule has 3 aliphatic carbocycles. The van der Waals surface area contributed by atoms with Crippen molar-refractivity contribution in [1.82, 2.24) is 9.97 Å². The van der Waals surface area contributed by atoms with E-state index >= 15 is 0 Å². The molecule has 3 saturated heterocycles. The number of fused-ring (bicyclic) bond motifs is 3. The average molecular weight is 1230 g/mol. The fraction of sp³-hybridized carbons (Fsp3) is 0.375. The Morgan fingerprint density at radius 2 is 1.12 bits per heavy atom. The SMILES string of the molecule is COc1cc2c(cc1N1CCOCC1)C/C(=C\c1cc(C)cnc1Cl)C2=O.COc1cc2c(cc1N1CCOCC1)CC(Cc1cc(C)cnc1Cl)C2=O.COc1cc2c(cc1N1CCOCC1)CCC2=O.O=Cc1cc(Cl)ccc1C(F)(F)F. The number of pyridine rings is 2. The Labute approximate surface area is 506 Å². The minimum atomic E-state index is -4.51. The van der Waals surface area contributed by atoms with Crippen molar-refractivity contribution in [3.8, 4) is 17.2 Å². The molecule has 0 spiro atoms. The lowest BCUT2D eigenvalue weighted by atomic mass is 9.96. The molecule has 21 heteroatoms. The van der Waals surface area contributed by atoms with Crippen molar-refractivity contribution in [1.29, 1.82) is 0 Å². The van der Waals surface area contributed by atoms with Crippen molar-refractivity contribution in [2.45, 2.75) is 52.1 Å². The molecule has 12 rings (SSSR count). The number of anilines is 3. The predicted molar refractivity (Wildman–Crippen MR) is 322 cm³/mol. The van der Waals surface area contributed by atoms with Crippen LogP contribution in [-0.4, -0.2) is 134 Å². The second-order valence-electron chi connectivity index (χ2n) is 21.1. The highest BCUT2D eigenvalue weighted by Gasteiger charge is 2.35. The number of hydrogen-bond acceptors (Lipinski definition) is 15. The van der Waals surface area contributed by atoms with E-state index in [2.05, 4.69) is 42.9 Å². The van der Waals surface area contributed by atoms with E-state index in [1.165, 1.54) is 0 Å². The second kappa shape index (κ2) is 28.0. The number of aryl methyl sites for hydroxylation is 3. The molecule has 85 heavy (non-hydrogen) atoms. The monoisotopic (exact) mass is 1230 g/mol. The highest BCUT2D eigenvalue weighted by atomic mass is 35.5. The van der Waals surface area contributed by atoms with Crippen molar-refractivity contribution in [2.75, 3.05) is 115 Å². The Morgan fingerprint density at radius 3 is 1.66 bits per heavy atom. The molecule has 6 aromatic rings. The predicted octanol–water partition coefficient (Wildman–Crippen LogP) is 12.0. The van der Waals surface area contributed by atoms with Crippen LogP contribution in [0.5, 0.6) is 17.2 Å². The average Bonchev–Trinajstić information content (AvgIpc) is 3.26. The van der Waals surface area contributed by atoms with Gasteiger partial charge in [0.2, 0.25) is 0 Å². The summed E-state index contributed by atoms with van der Waals surface area (Å²) in [7, 11) is 4.95. The third kappa shape index (κ3) is 14.8. The third-order valence-electron chi connectivity index (χ3n) is 15.5. The minimum absolute atomic E-state index is 0.0226. The van der Waals surface area contributed by atoms with Crippen LogP contribution in [0, 0.1) is 19.8 Å². The van der Waals surface area contributed by atoms with Crippen LogP contribution in [0.15, 0.2) is 84.7 Å². The van der Waals surface area contributed by atoms with Gasteiger partial charge in [0.15, 0.2) is 23.6 Å². The third-order valence-corrected chi connectivity index (χ3v) is 16.4. The van der Waals surface area contributed by atoms with E-state index in [1.54, 1.807) is 33.7 Å². The first-order chi connectivity index (χ1) is 40.9. The number of halogens is 6. The summed E-state index contributed by atoms with van der Waals surface area (Å²) in [6.45, 7) is 13.3. The molecule has 0 bridgehead atoms. The molecule has 0 saturated carbocycles. The summed E-state index contributed by atoms with van der Waals surface area (Å²) in [6.07, 6.45) is 4.34. The second-order valence-corrected chi connectivity index (χ2v) is 22.3. The van der Waals surface area contributed by atoms with E-state index < -0.39 is 17.3 Å². The Kier molecular flexibility index (Phi) is 20.6. The van der Waals surface area contributed by atoms with Crippen LogP contribution in [0.2, 0.25) is 15.3 Å². The number of allylic oxidation sites excluding steroid dienone is 1. The highest BCUT2D eigenvalue weighted by Crippen LogP contribution is 2.42. The lowest BCUT2D eigenvalue weighted by Gasteiger charge is -2.30. The molecule has 3 fully saturated rings. The standard InChI is InChI=1S/C21H23ClN2O3.C21H21ClN2O3.C14H17NO3.C8H4ClF3O/c2*1-13-7-16(21(22)23-12-13)9-15-8-14-10-18(24-3-5-27-6-4-24)19(26-2)11-17(14)20(15)25;1-17-14-9-11-10(2-3-13(11)16)8-12(14)15-4-6-18-7-5-15;9-6-1-2-7(8(10,11)12)5(3-6)4-13/h7,10-12,15H,3-6,8-9H2,1-2H3;7,9-12H,3-6,8H2,1-2H3;8-9H,2-7H2,1H3;1-4H/b;15-9+;;. The van der Waals surface area contributed by atoms with Gasteiger partial charge in [-0.15, -0.1) is 0 Å². The van der Waals surface area contributed by atoms with Crippen LogP contribution in [-0.2, 0) is 46.1 Å². The molecule has 6 aliphatic rings. The molecule has 3 aliphatic heterocycles. The molecule has 0 radical (unpaired) electrons. The molecule has 0 amide bonds. The van der Waals surface area contributed by atoms with E-state index in [-0.39, 0.29) is 34.6 Å². The molecule has 1 atom stereocenters. The first kappa shape index (κ1) is 62.5. The number of ether oxygens (including phenoxy) is 6. The van der Waals surface area contributed by atoms with Gasteiger partial charge >= 0.3 is 6.18 Å². The molecule has 1 unspecified atom stereocenters. The minimum Gasteiger partial charge on any atom is -0.495 e. The van der Waals surface area contributed by atoms with Crippen LogP contribution in [0.4, 0.5) is 30.2 Å². The van der Waals surface area contributed by atoms with Crippen LogP contribution < -0.4 is 28.9 Å². The Balaban J connectivity index is 0.000000141. The van der Waals surface area contributed by atoms with E-state index in [4.69, 9.17) is 63.2 Å².